The molecule has 0 bridgehead atoms. The number of rotatable bonds is 8. The van der Waals surface area contributed by atoms with E-state index in [1.54, 1.807) is 0 Å². The van der Waals surface area contributed by atoms with Crippen LogP contribution in [0.15, 0.2) is 21.7 Å². The molecule has 9 heteroatoms. The number of aromatic nitrogens is 2. The molecule has 2 N–H and O–H groups in total. The quantitative estimate of drug-likeness (QED) is 0.671. The lowest BCUT2D eigenvalue weighted by atomic mass is 10.1. The fourth-order valence-electron chi connectivity index (χ4n) is 2.81. The lowest BCUT2D eigenvalue weighted by Gasteiger charge is -2.20. The Kier molecular flexibility index (Phi) is 7.02. The van der Waals surface area contributed by atoms with Crippen LogP contribution in [0.2, 0.25) is 4.34 Å². The first-order chi connectivity index (χ1) is 12.6. The zero-order valence-corrected chi connectivity index (χ0v) is 17.6. The number of carbonyl (C=O) groups is 1. The van der Waals surface area contributed by atoms with E-state index in [0.29, 0.717) is 24.0 Å². The van der Waals surface area contributed by atoms with E-state index in [1.165, 1.54) is 23.0 Å². The molecule has 27 heavy (non-hydrogen) atoms. The smallest absolute Gasteiger partial charge is 0.332 e. The monoisotopic (exact) mass is 412 g/mol. The molecule has 148 valence electrons. The molecular weight excluding hydrogens is 388 g/mol. The number of hydrogen-bond donors (Lipinski definition) is 1. The van der Waals surface area contributed by atoms with Crippen molar-refractivity contribution in [1.29, 1.82) is 0 Å². The molecule has 0 unspecified atom stereocenters. The van der Waals surface area contributed by atoms with Crippen LogP contribution in [0.25, 0.3) is 0 Å². The molecule has 7 nitrogen and oxygen atoms in total. The van der Waals surface area contributed by atoms with Gasteiger partial charge in [0.2, 0.25) is 0 Å². The maximum atomic E-state index is 12.9. The molecule has 2 heterocycles. The van der Waals surface area contributed by atoms with Crippen molar-refractivity contribution < 1.29 is 4.79 Å². The average Bonchev–Trinajstić information content (AvgIpc) is 3.01. The molecular formula is C18H25ClN4O3S. The van der Waals surface area contributed by atoms with Crippen molar-refractivity contribution >= 4 is 34.5 Å². The number of ketones is 1. The molecule has 0 radical (unpaired) electrons. The summed E-state index contributed by atoms with van der Waals surface area (Å²) < 4.78 is 2.93. The van der Waals surface area contributed by atoms with Gasteiger partial charge in [0.25, 0.3) is 5.56 Å². The molecule has 0 saturated carbocycles. The summed E-state index contributed by atoms with van der Waals surface area (Å²) in [7, 11) is 1.36. The van der Waals surface area contributed by atoms with Gasteiger partial charge in [-0.3, -0.25) is 23.6 Å². The molecule has 0 spiro atoms. The van der Waals surface area contributed by atoms with Crippen LogP contribution in [-0.2, 0) is 20.1 Å². The van der Waals surface area contributed by atoms with Crippen molar-refractivity contribution in [2.75, 3.05) is 18.8 Å². The van der Waals surface area contributed by atoms with E-state index in [0.717, 1.165) is 9.44 Å². The van der Waals surface area contributed by atoms with Gasteiger partial charge in [0.1, 0.15) is 11.4 Å². The Morgan fingerprint density at radius 2 is 2.00 bits per heavy atom. The highest BCUT2D eigenvalue weighted by molar-refractivity contribution is 7.16. The number of hydrogen-bond acceptors (Lipinski definition) is 6. The minimum absolute atomic E-state index is 0.0331. The Bertz CT molecular complexity index is 945. The summed E-state index contributed by atoms with van der Waals surface area (Å²) in [6.07, 6.45) is 0. The first-order valence-corrected chi connectivity index (χ1v) is 9.94. The number of thiophene rings is 1. The fourth-order valence-corrected chi connectivity index (χ4v) is 3.94. The highest BCUT2D eigenvalue weighted by Crippen LogP contribution is 2.22. The van der Waals surface area contributed by atoms with Gasteiger partial charge in [-0.15, -0.1) is 11.3 Å². The van der Waals surface area contributed by atoms with Crippen molar-refractivity contribution in [2.24, 2.45) is 13.0 Å². The predicted molar refractivity (Wildman–Crippen MR) is 110 cm³/mol. The Hall–Kier alpha value is -1.90. The second kappa shape index (κ2) is 8.86. The van der Waals surface area contributed by atoms with Crippen LogP contribution in [0, 0.1) is 5.92 Å². The van der Waals surface area contributed by atoms with Crippen molar-refractivity contribution in [3.8, 4) is 0 Å². The summed E-state index contributed by atoms with van der Waals surface area (Å²) in [6, 6.07) is 3.73. The lowest BCUT2D eigenvalue weighted by Crippen LogP contribution is -2.44. The van der Waals surface area contributed by atoms with Crippen molar-refractivity contribution in [3.63, 3.8) is 0 Å². The van der Waals surface area contributed by atoms with E-state index in [-0.39, 0.29) is 23.8 Å². The predicted octanol–water partition coefficient (Wildman–Crippen LogP) is 2.20. The topological polar surface area (TPSA) is 90.3 Å². The maximum Gasteiger partial charge on any atom is 0.332 e. The van der Waals surface area contributed by atoms with Crippen molar-refractivity contribution in [3.05, 3.63) is 47.7 Å². The molecule has 2 rings (SSSR count). The molecule has 0 aliphatic rings. The Morgan fingerprint density at radius 3 is 2.52 bits per heavy atom. The van der Waals surface area contributed by atoms with E-state index >= 15 is 0 Å². The molecule has 0 saturated heterocycles. The van der Waals surface area contributed by atoms with Gasteiger partial charge in [0.05, 0.1) is 10.9 Å². The van der Waals surface area contributed by atoms with E-state index in [1.807, 2.05) is 37.8 Å². The van der Waals surface area contributed by atoms with Crippen LogP contribution in [0.5, 0.6) is 0 Å². The second-order valence-corrected chi connectivity index (χ2v) is 8.64. The summed E-state index contributed by atoms with van der Waals surface area (Å²) in [5.74, 6) is -0.312. The summed E-state index contributed by atoms with van der Waals surface area (Å²) in [4.78, 5) is 40.7. The lowest BCUT2D eigenvalue weighted by molar-refractivity contribution is 0.0928. The van der Waals surface area contributed by atoms with Crippen LogP contribution >= 0.6 is 22.9 Å². The summed E-state index contributed by atoms with van der Waals surface area (Å²) >= 11 is 7.41. The number of anilines is 1. The van der Waals surface area contributed by atoms with E-state index in [2.05, 4.69) is 0 Å². The first kappa shape index (κ1) is 21.4. The second-order valence-electron chi connectivity index (χ2n) is 6.84. The molecule has 0 amide bonds. The molecule has 2 aromatic heterocycles. The SMILES string of the molecule is CCN(CC(=O)c1c(N)n(CC(C)C)c(=O)n(C)c1=O)Cc1ccc(Cl)s1. The highest BCUT2D eigenvalue weighted by atomic mass is 35.5. The van der Waals surface area contributed by atoms with Gasteiger partial charge in [0.15, 0.2) is 5.78 Å². The number of Topliss-reactive ketones (excluding diaryl/α,β-unsaturated/α-hetero) is 1. The third kappa shape index (κ3) is 4.88. The fraction of sp³-hybridized carbons (Fsp3) is 0.500. The number of carbonyl (C=O) groups excluding carboxylic acids is 1. The van der Waals surface area contributed by atoms with Gasteiger partial charge in [-0.2, -0.15) is 0 Å². The number of nitrogens with two attached hydrogens (primary N) is 1. The molecule has 0 atom stereocenters. The normalized spacial score (nSPS) is 11.5. The van der Waals surface area contributed by atoms with Gasteiger partial charge in [-0.05, 0) is 24.6 Å². The third-order valence-corrected chi connectivity index (χ3v) is 5.45. The Balaban J connectivity index is 2.35. The minimum atomic E-state index is -0.655. The number of likely N-dealkylation sites (N-methyl/N-ethyl adjacent to an activating group) is 1. The molecule has 2 aromatic rings. The minimum Gasteiger partial charge on any atom is -0.384 e. The van der Waals surface area contributed by atoms with Crippen molar-refractivity contribution in [2.45, 2.75) is 33.9 Å². The largest absolute Gasteiger partial charge is 0.384 e. The molecule has 0 fully saturated rings. The zero-order valence-electron chi connectivity index (χ0n) is 16.0. The van der Waals surface area contributed by atoms with Gasteiger partial charge in [-0.25, -0.2) is 4.79 Å². The highest BCUT2D eigenvalue weighted by Gasteiger charge is 2.23. The standard InChI is InChI=1S/C18H25ClN4O3S/c1-5-22(9-12-6-7-14(19)27-12)10-13(24)15-16(20)23(8-11(2)3)18(26)21(4)17(15)25/h6-7,11H,5,8-10,20H2,1-4H3. The third-order valence-electron chi connectivity index (χ3n) is 4.23. The van der Waals surface area contributed by atoms with Crippen LogP contribution in [0.3, 0.4) is 0 Å². The number of nitrogens with zero attached hydrogens (tertiary/aromatic N) is 3. The Morgan fingerprint density at radius 1 is 1.33 bits per heavy atom. The van der Waals surface area contributed by atoms with Crippen LogP contribution in [0.1, 0.15) is 36.0 Å². The molecule has 0 aliphatic heterocycles. The molecule has 0 aliphatic carbocycles. The van der Waals surface area contributed by atoms with Gasteiger partial charge in [0, 0.05) is 25.0 Å². The van der Waals surface area contributed by atoms with E-state index in [4.69, 9.17) is 17.3 Å². The van der Waals surface area contributed by atoms with Gasteiger partial charge < -0.3 is 5.73 Å². The van der Waals surface area contributed by atoms with Crippen LogP contribution < -0.4 is 17.0 Å². The number of halogens is 1. The van der Waals surface area contributed by atoms with Gasteiger partial charge in [-0.1, -0.05) is 32.4 Å². The Labute approximate surface area is 167 Å². The van der Waals surface area contributed by atoms with Gasteiger partial charge >= 0.3 is 5.69 Å². The van der Waals surface area contributed by atoms with Crippen LogP contribution in [0.4, 0.5) is 5.82 Å². The van der Waals surface area contributed by atoms with Crippen LogP contribution in [-0.4, -0.2) is 32.9 Å². The average molecular weight is 413 g/mol. The molecule has 0 aromatic carbocycles. The summed E-state index contributed by atoms with van der Waals surface area (Å²) in [5, 5.41) is 0. The number of nitrogen functional groups attached to an aromatic ring is 1. The van der Waals surface area contributed by atoms with E-state index in [9.17, 15) is 14.4 Å². The summed E-state index contributed by atoms with van der Waals surface area (Å²) in [5.41, 5.74) is 4.78. The van der Waals surface area contributed by atoms with Crippen molar-refractivity contribution in [1.82, 2.24) is 14.0 Å². The maximum absolute atomic E-state index is 12.9. The van der Waals surface area contributed by atoms with E-state index < -0.39 is 17.0 Å². The first-order valence-electron chi connectivity index (χ1n) is 8.74. The summed E-state index contributed by atoms with van der Waals surface area (Å²) in [6.45, 7) is 7.34. The zero-order chi connectivity index (χ0) is 20.3.